The summed E-state index contributed by atoms with van der Waals surface area (Å²) in [7, 11) is 0. The summed E-state index contributed by atoms with van der Waals surface area (Å²) in [5.74, 6) is 0. The van der Waals surface area contributed by atoms with Gasteiger partial charge in [-0.15, -0.1) is 0 Å². The molecule has 0 unspecified atom stereocenters. The zero-order valence-corrected chi connectivity index (χ0v) is 6.37. The Morgan fingerprint density at radius 1 is 0.750 bits per heavy atom. The maximum atomic E-state index is 7.25. The van der Waals surface area contributed by atoms with E-state index >= 15 is 0 Å². The number of rotatable bonds is 0. The molecular weight excluding hydrogens is 130 g/mol. The Morgan fingerprint density at radius 3 is 0.750 bits per heavy atom. The molecule has 48 valence electrons. The van der Waals surface area contributed by atoms with Gasteiger partial charge < -0.3 is 31.0 Å². The normalized spacial score (nSPS) is 7.50. The summed E-state index contributed by atoms with van der Waals surface area (Å²) in [4.78, 5) is 0. The van der Waals surface area contributed by atoms with E-state index in [1.807, 2.05) is 0 Å². The number of hydrogen-bond acceptors (Lipinski definition) is 4. The SMILES string of the molecule is O.O.O[B-](O)(O)O.[Na+]. The molecule has 0 aromatic heterocycles. The van der Waals surface area contributed by atoms with E-state index in [4.69, 9.17) is 20.1 Å². The van der Waals surface area contributed by atoms with Gasteiger partial charge in [-0.1, -0.05) is 0 Å². The van der Waals surface area contributed by atoms with E-state index in [2.05, 4.69) is 0 Å². The van der Waals surface area contributed by atoms with E-state index in [-0.39, 0.29) is 40.5 Å². The second-order valence-corrected chi connectivity index (χ2v) is 0.693. The zero-order chi connectivity index (χ0) is 4.50. The molecule has 8 heavy (non-hydrogen) atoms. The van der Waals surface area contributed by atoms with Gasteiger partial charge in [-0.05, 0) is 0 Å². The van der Waals surface area contributed by atoms with Crippen LogP contribution in [0.4, 0.5) is 0 Å². The van der Waals surface area contributed by atoms with Crippen LogP contribution in [-0.2, 0) is 0 Å². The second kappa shape index (κ2) is 7.82. The van der Waals surface area contributed by atoms with Crippen molar-refractivity contribution in [2.75, 3.05) is 0 Å². The van der Waals surface area contributed by atoms with Crippen LogP contribution in [0.15, 0.2) is 0 Å². The van der Waals surface area contributed by atoms with E-state index < -0.39 is 6.96 Å². The molecule has 0 atom stereocenters. The molecule has 8 heteroatoms. The fourth-order valence-electron chi connectivity index (χ4n) is 0. The standard InChI is InChI=1S/BH4O4.Na.2H2O/c2-1(3,4)5;;;/h2-5H;;2*1H2/q-1;+1;;. The van der Waals surface area contributed by atoms with E-state index in [1.165, 1.54) is 0 Å². The molecule has 0 radical (unpaired) electrons. The summed E-state index contributed by atoms with van der Waals surface area (Å²) in [6, 6.07) is 0. The third-order valence-electron chi connectivity index (χ3n) is 0. The van der Waals surface area contributed by atoms with Gasteiger partial charge in [-0.25, -0.2) is 0 Å². The van der Waals surface area contributed by atoms with Crippen molar-refractivity contribution in [1.82, 2.24) is 0 Å². The Labute approximate surface area is 67.7 Å². The maximum Gasteiger partial charge on any atom is 1.00 e. The van der Waals surface area contributed by atoms with Crippen molar-refractivity contribution < 1.29 is 60.6 Å². The Bertz CT molecular complexity index is 24.0. The van der Waals surface area contributed by atoms with E-state index in [0.29, 0.717) is 0 Å². The molecule has 0 aromatic carbocycles. The van der Waals surface area contributed by atoms with Crippen LogP contribution in [0.1, 0.15) is 0 Å². The van der Waals surface area contributed by atoms with Gasteiger partial charge in [0, 0.05) is 0 Å². The summed E-state index contributed by atoms with van der Waals surface area (Å²) in [6.07, 6.45) is 0. The third-order valence-corrected chi connectivity index (χ3v) is 0. The van der Waals surface area contributed by atoms with E-state index in [1.54, 1.807) is 0 Å². The van der Waals surface area contributed by atoms with Crippen molar-refractivity contribution in [3.63, 3.8) is 0 Å². The van der Waals surface area contributed by atoms with Crippen molar-refractivity contribution in [1.29, 1.82) is 0 Å². The minimum absolute atomic E-state index is 0. The Kier molecular flexibility index (Phi) is 22.7. The molecule has 0 heterocycles. The van der Waals surface area contributed by atoms with Crippen molar-refractivity contribution in [2.45, 2.75) is 0 Å². The van der Waals surface area contributed by atoms with Crippen LogP contribution in [0, 0.1) is 0 Å². The van der Waals surface area contributed by atoms with Crippen molar-refractivity contribution in [3.8, 4) is 0 Å². The van der Waals surface area contributed by atoms with Gasteiger partial charge >= 0.3 is 36.5 Å². The topological polar surface area (TPSA) is 144 Å². The molecule has 0 fully saturated rings. The largest absolute Gasteiger partial charge is 1.00 e. The predicted octanol–water partition coefficient (Wildman–Crippen LogP) is -7.25. The van der Waals surface area contributed by atoms with Crippen LogP contribution in [0.3, 0.4) is 0 Å². The minimum atomic E-state index is -4.00. The molecule has 0 aliphatic carbocycles. The van der Waals surface area contributed by atoms with Crippen molar-refractivity contribution in [2.24, 2.45) is 0 Å². The first kappa shape index (κ1) is 23.2. The summed E-state index contributed by atoms with van der Waals surface area (Å²) in [6.45, 7) is -4.00. The average Bonchev–Trinajstić information content (AvgIpc) is 0.722. The van der Waals surface area contributed by atoms with E-state index in [0.717, 1.165) is 0 Å². The second-order valence-electron chi connectivity index (χ2n) is 0.693. The van der Waals surface area contributed by atoms with Crippen molar-refractivity contribution >= 4 is 6.96 Å². The molecule has 0 saturated heterocycles. The van der Waals surface area contributed by atoms with Gasteiger partial charge in [0.2, 0.25) is 0 Å². The Morgan fingerprint density at radius 2 is 0.750 bits per heavy atom. The van der Waals surface area contributed by atoms with Gasteiger partial charge in [0.25, 0.3) is 0 Å². The molecular formula is H8BNaO6. The van der Waals surface area contributed by atoms with Gasteiger partial charge in [0.15, 0.2) is 0 Å². The molecule has 0 spiro atoms. The zero-order valence-electron chi connectivity index (χ0n) is 4.37. The first-order valence-corrected chi connectivity index (χ1v) is 1.03. The number of hydrogen-bond donors (Lipinski definition) is 4. The average molecular weight is 138 g/mol. The minimum Gasteiger partial charge on any atom is -0.534 e. The van der Waals surface area contributed by atoms with Crippen LogP contribution in [-0.4, -0.2) is 38.0 Å². The Balaban J connectivity index is -0.0000000267. The summed E-state index contributed by atoms with van der Waals surface area (Å²) in [5, 5.41) is 29.0. The quantitative estimate of drug-likeness (QED) is 0.246. The summed E-state index contributed by atoms with van der Waals surface area (Å²) >= 11 is 0. The van der Waals surface area contributed by atoms with Crippen molar-refractivity contribution in [3.05, 3.63) is 0 Å². The van der Waals surface area contributed by atoms with Gasteiger partial charge in [0.05, 0.1) is 0 Å². The van der Waals surface area contributed by atoms with Crippen LogP contribution < -0.4 is 29.6 Å². The molecule has 0 aliphatic heterocycles. The maximum absolute atomic E-state index is 7.25. The van der Waals surface area contributed by atoms with Gasteiger partial charge in [0.1, 0.15) is 0 Å². The summed E-state index contributed by atoms with van der Waals surface area (Å²) < 4.78 is 0. The van der Waals surface area contributed by atoms with Gasteiger partial charge in [-0.3, -0.25) is 0 Å². The van der Waals surface area contributed by atoms with Crippen LogP contribution in [0.5, 0.6) is 0 Å². The molecule has 0 rings (SSSR count). The monoisotopic (exact) mass is 138 g/mol. The predicted molar refractivity (Wildman–Crippen MR) is 21.9 cm³/mol. The molecule has 0 saturated carbocycles. The van der Waals surface area contributed by atoms with Gasteiger partial charge in [-0.2, -0.15) is 0 Å². The molecule has 0 aliphatic rings. The third kappa shape index (κ3) is 340. The fraction of sp³-hybridized carbons (Fsp3) is 0. The first-order valence-electron chi connectivity index (χ1n) is 1.03. The molecule has 0 amide bonds. The first-order chi connectivity index (χ1) is 2.00. The van der Waals surface area contributed by atoms with Crippen LogP contribution >= 0.6 is 0 Å². The molecule has 6 nitrogen and oxygen atoms in total. The van der Waals surface area contributed by atoms with Crippen LogP contribution in [0.2, 0.25) is 0 Å². The molecule has 0 aromatic rings. The Hall–Kier alpha value is 0.825. The fourth-order valence-corrected chi connectivity index (χ4v) is 0. The molecule has 0 bridgehead atoms. The smallest absolute Gasteiger partial charge is 0.534 e. The van der Waals surface area contributed by atoms with Crippen LogP contribution in [0.25, 0.3) is 0 Å². The molecule has 8 N–H and O–H groups in total. The summed E-state index contributed by atoms with van der Waals surface area (Å²) in [5.41, 5.74) is 0. The van der Waals surface area contributed by atoms with E-state index in [9.17, 15) is 0 Å².